The molecule has 1 heterocycles. The summed E-state index contributed by atoms with van der Waals surface area (Å²) in [6, 6.07) is 10.0. The van der Waals surface area contributed by atoms with Crippen LogP contribution in [0.25, 0.3) is 10.6 Å². The quantitative estimate of drug-likeness (QED) is 0.871. The van der Waals surface area contributed by atoms with Crippen LogP contribution in [-0.2, 0) is 0 Å². The number of hydrogen-bond donors (Lipinski definition) is 2. The Bertz CT molecular complexity index is 473. The third-order valence-corrected chi connectivity index (χ3v) is 3.07. The molecule has 0 spiro atoms. The third-order valence-electron chi connectivity index (χ3n) is 2.14. The standard InChI is InChI=1S/C12H16N4S/c1-12(2,13)8-14-11-16-15-10(17-11)9-6-4-3-5-7-9/h3-7H,8,13H2,1-2H3,(H,14,16). The van der Waals surface area contributed by atoms with Gasteiger partial charge in [0.2, 0.25) is 5.13 Å². The lowest BCUT2D eigenvalue weighted by Crippen LogP contribution is -2.39. The molecular weight excluding hydrogens is 232 g/mol. The number of rotatable bonds is 4. The van der Waals surface area contributed by atoms with Crippen LogP contribution in [0.3, 0.4) is 0 Å². The number of anilines is 1. The molecule has 0 atom stereocenters. The van der Waals surface area contributed by atoms with E-state index in [1.165, 1.54) is 11.3 Å². The molecular formula is C12H16N4S. The number of nitrogens with one attached hydrogen (secondary N) is 1. The van der Waals surface area contributed by atoms with Crippen molar-refractivity contribution in [2.24, 2.45) is 5.73 Å². The van der Waals surface area contributed by atoms with Crippen molar-refractivity contribution >= 4 is 16.5 Å². The molecule has 0 fully saturated rings. The average Bonchev–Trinajstić information content (AvgIpc) is 2.75. The van der Waals surface area contributed by atoms with E-state index >= 15 is 0 Å². The SMILES string of the molecule is CC(C)(N)CNc1nnc(-c2ccccc2)s1. The molecule has 0 amide bonds. The lowest BCUT2D eigenvalue weighted by molar-refractivity contribution is 0.549. The van der Waals surface area contributed by atoms with Crippen LogP contribution in [-0.4, -0.2) is 22.3 Å². The lowest BCUT2D eigenvalue weighted by atomic mass is 10.1. The van der Waals surface area contributed by atoms with E-state index in [1.807, 2.05) is 44.2 Å². The number of benzene rings is 1. The largest absolute Gasteiger partial charge is 0.358 e. The van der Waals surface area contributed by atoms with E-state index in [-0.39, 0.29) is 5.54 Å². The van der Waals surface area contributed by atoms with Gasteiger partial charge < -0.3 is 11.1 Å². The van der Waals surface area contributed by atoms with Gasteiger partial charge in [0.05, 0.1) is 0 Å². The third kappa shape index (κ3) is 3.51. The van der Waals surface area contributed by atoms with Crippen molar-refractivity contribution < 1.29 is 0 Å². The maximum Gasteiger partial charge on any atom is 0.206 e. The average molecular weight is 248 g/mol. The van der Waals surface area contributed by atoms with Crippen molar-refractivity contribution in [3.63, 3.8) is 0 Å². The predicted molar refractivity (Wildman–Crippen MR) is 72.1 cm³/mol. The first-order valence-corrected chi connectivity index (χ1v) is 6.28. The number of aromatic nitrogens is 2. The van der Waals surface area contributed by atoms with Crippen molar-refractivity contribution in [3.8, 4) is 10.6 Å². The zero-order valence-corrected chi connectivity index (χ0v) is 10.8. The van der Waals surface area contributed by atoms with E-state index in [4.69, 9.17) is 5.73 Å². The summed E-state index contributed by atoms with van der Waals surface area (Å²) in [5.74, 6) is 0. The molecule has 0 saturated carbocycles. The lowest BCUT2D eigenvalue weighted by Gasteiger charge is -2.17. The number of nitrogens with two attached hydrogens (primary N) is 1. The molecule has 1 aromatic heterocycles. The van der Waals surface area contributed by atoms with Crippen LogP contribution in [0.15, 0.2) is 30.3 Å². The Balaban J connectivity index is 2.07. The fraction of sp³-hybridized carbons (Fsp3) is 0.333. The highest BCUT2D eigenvalue weighted by molar-refractivity contribution is 7.18. The topological polar surface area (TPSA) is 63.8 Å². The van der Waals surface area contributed by atoms with Crippen LogP contribution in [0.5, 0.6) is 0 Å². The molecule has 5 heteroatoms. The second-order valence-corrected chi connectivity index (χ2v) is 5.60. The molecule has 1 aromatic carbocycles. The highest BCUT2D eigenvalue weighted by atomic mass is 32.1. The van der Waals surface area contributed by atoms with Crippen molar-refractivity contribution in [1.82, 2.24) is 10.2 Å². The summed E-state index contributed by atoms with van der Waals surface area (Å²) in [6.45, 7) is 4.62. The molecule has 2 rings (SSSR count). The van der Waals surface area contributed by atoms with E-state index in [0.29, 0.717) is 6.54 Å². The van der Waals surface area contributed by atoms with Crippen molar-refractivity contribution in [2.45, 2.75) is 19.4 Å². The van der Waals surface area contributed by atoms with Crippen molar-refractivity contribution in [2.75, 3.05) is 11.9 Å². The summed E-state index contributed by atoms with van der Waals surface area (Å²) < 4.78 is 0. The van der Waals surface area contributed by atoms with E-state index in [1.54, 1.807) is 0 Å². The van der Waals surface area contributed by atoms with E-state index in [0.717, 1.165) is 15.7 Å². The van der Waals surface area contributed by atoms with Gasteiger partial charge in [-0.15, -0.1) is 10.2 Å². The molecule has 0 unspecified atom stereocenters. The first-order valence-electron chi connectivity index (χ1n) is 5.46. The molecule has 0 aliphatic heterocycles. The van der Waals surface area contributed by atoms with Gasteiger partial charge in [-0.1, -0.05) is 41.7 Å². The Hall–Kier alpha value is -1.46. The van der Waals surface area contributed by atoms with Crippen molar-refractivity contribution in [1.29, 1.82) is 0 Å². The summed E-state index contributed by atoms with van der Waals surface area (Å²) in [6.07, 6.45) is 0. The molecule has 0 bridgehead atoms. The minimum atomic E-state index is -0.251. The van der Waals surface area contributed by atoms with Crippen LogP contribution in [0.4, 0.5) is 5.13 Å². The Morgan fingerprint density at radius 2 is 1.94 bits per heavy atom. The second kappa shape index (κ2) is 4.81. The van der Waals surface area contributed by atoms with E-state index in [2.05, 4.69) is 15.5 Å². The van der Waals surface area contributed by atoms with Crippen molar-refractivity contribution in [3.05, 3.63) is 30.3 Å². The first kappa shape index (κ1) is 12.0. The Morgan fingerprint density at radius 1 is 1.24 bits per heavy atom. The maximum atomic E-state index is 5.90. The van der Waals surface area contributed by atoms with Gasteiger partial charge in [0, 0.05) is 17.6 Å². The summed E-state index contributed by atoms with van der Waals surface area (Å²) in [5.41, 5.74) is 6.73. The van der Waals surface area contributed by atoms with Gasteiger partial charge in [0.25, 0.3) is 0 Å². The fourth-order valence-electron chi connectivity index (χ4n) is 1.30. The summed E-state index contributed by atoms with van der Waals surface area (Å²) in [5, 5.41) is 13.2. The Labute approximate surface area is 105 Å². The van der Waals surface area contributed by atoms with Gasteiger partial charge in [-0.3, -0.25) is 0 Å². The van der Waals surface area contributed by atoms with Crippen LogP contribution >= 0.6 is 11.3 Å². The highest BCUT2D eigenvalue weighted by Crippen LogP contribution is 2.25. The highest BCUT2D eigenvalue weighted by Gasteiger charge is 2.12. The monoisotopic (exact) mass is 248 g/mol. The summed E-state index contributed by atoms with van der Waals surface area (Å²) in [7, 11) is 0. The van der Waals surface area contributed by atoms with Crippen LogP contribution in [0.2, 0.25) is 0 Å². The summed E-state index contributed by atoms with van der Waals surface area (Å²) >= 11 is 1.54. The fourth-order valence-corrected chi connectivity index (χ4v) is 2.04. The van der Waals surface area contributed by atoms with E-state index < -0.39 is 0 Å². The van der Waals surface area contributed by atoms with Crippen LogP contribution in [0, 0.1) is 0 Å². The van der Waals surface area contributed by atoms with Crippen LogP contribution in [0.1, 0.15) is 13.8 Å². The smallest absolute Gasteiger partial charge is 0.206 e. The zero-order valence-electron chi connectivity index (χ0n) is 9.97. The Kier molecular flexibility index (Phi) is 3.40. The zero-order chi connectivity index (χ0) is 12.3. The van der Waals surface area contributed by atoms with Gasteiger partial charge in [-0.2, -0.15) is 0 Å². The van der Waals surface area contributed by atoms with Gasteiger partial charge >= 0.3 is 0 Å². The van der Waals surface area contributed by atoms with Gasteiger partial charge in [0.1, 0.15) is 5.01 Å². The molecule has 4 nitrogen and oxygen atoms in total. The summed E-state index contributed by atoms with van der Waals surface area (Å²) in [4.78, 5) is 0. The second-order valence-electron chi connectivity index (χ2n) is 4.62. The predicted octanol–water partition coefficient (Wildman–Crippen LogP) is 2.35. The first-order chi connectivity index (χ1) is 8.04. The number of nitrogens with zero attached hydrogens (tertiary/aromatic N) is 2. The molecule has 2 aromatic rings. The molecule has 0 aliphatic rings. The Morgan fingerprint density at radius 3 is 2.59 bits per heavy atom. The van der Waals surface area contributed by atoms with E-state index in [9.17, 15) is 0 Å². The molecule has 3 N–H and O–H groups in total. The van der Waals surface area contributed by atoms with Gasteiger partial charge in [0.15, 0.2) is 0 Å². The molecule has 90 valence electrons. The minimum absolute atomic E-state index is 0.251. The normalized spacial score (nSPS) is 11.5. The van der Waals surface area contributed by atoms with Crippen LogP contribution < -0.4 is 11.1 Å². The van der Waals surface area contributed by atoms with Gasteiger partial charge in [-0.25, -0.2) is 0 Å². The minimum Gasteiger partial charge on any atom is -0.358 e. The molecule has 0 saturated heterocycles. The number of hydrogen-bond acceptors (Lipinski definition) is 5. The molecule has 17 heavy (non-hydrogen) atoms. The maximum absolute atomic E-state index is 5.90. The molecule has 0 radical (unpaired) electrons. The molecule has 0 aliphatic carbocycles. The van der Waals surface area contributed by atoms with Gasteiger partial charge in [-0.05, 0) is 13.8 Å².